The van der Waals surface area contributed by atoms with Crippen LogP contribution < -0.4 is 10.1 Å². The van der Waals surface area contributed by atoms with Gasteiger partial charge in [0.1, 0.15) is 23.1 Å². The largest absolute Gasteiger partial charge is 0.490 e. The lowest BCUT2D eigenvalue weighted by Crippen LogP contribution is -2.44. The van der Waals surface area contributed by atoms with E-state index in [4.69, 9.17) is 14.2 Å². The van der Waals surface area contributed by atoms with Gasteiger partial charge in [0.25, 0.3) is 5.91 Å². The zero-order chi connectivity index (χ0) is 28.5. The van der Waals surface area contributed by atoms with Crippen molar-refractivity contribution in [2.24, 2.45) is 0 Å². The van der Waals surface area contributed by atoms with Crippen molar-refractivity contribution in [1.82, 2.24) is 20.0 Å². The molecule has 1 aliphatic carbocycles. The molecule has 1 saturated carbocycles. The predicted molar refractivity (Wildman–Crippen MR) is 154 cm³/mol. The third kappa shape index (κ3) is 8.98. The van der Waals surface area contributed by atoms with Crippen LogP contribution in [-0.4, -0.2) is 70.7 Å². The SMILES string of the molecule is C1CCOC1.Cc1cc(C(=O)NC2CCCCC2)n(-c2ccc(OC3CCN(C(=O)OC(C)(C)C)CC3)cc2)n1. The Bertz CT molecular complexity index is 1080. The van der Waals surface area contributed by atoms with Gasteiger partial charge in [-0.15, -0.1) is 0 Å². The van der Waals surface area contributed by atoms with Crippen LogP contribution in [0.4, 0.5) is 4.79 Å². The molecule has 2 saturated heterocycles. The molecule has 1 aromatic carbocycles. The maximum absolute atomic E-state index is 13.0. The third-order valence-corrected chi connectivity index (χ3v) is 7.31. The third-order valence-electron chi connectivity index (χ3n) is 7.31. The number of piperidine rings is 1. The Morgan fingerprint density at radius 3 is 2.17 bits per heavy atom. The first-order valence-corrected chi connectivity index (χ1v) is 14.9. The lowest BCUT2D eigenvalue weighted by molar-refractivity contribution is 0.0126. The van der Waals surface area contributed by atoms with E-state index < -0.39 is 5.60 Å². The van der Waals surface area contributed by atoms with Crippen molar-refractivity contribution >= 4 is 12.0 Å². The van der Waals surface area contributed by atoms with Crippen molar-refractivity contribution in [3.63, 3.8) is 0 Å². The Hall–Kier alpha value is -3.07. The van der Waals surface area contributed by atoms with Gasteiger partial charge >= 0.3 is 6.09 Å². The van der Waals surface area contributed by atoms with E-state index in [2.05, 4.69) is 10.4 Å². The zero-order valence-electron chi connectivity index (χ0n) is 24.6. The number of aryl methyl sites for hydroxylation is 1. The Balaban J connectivity index is 0.000000666. The van der Waals surface area contributed by atoms with Crippen LogP contribution in [0.2, 0.25) is 0 Å². The van der Waals surface area contributed by atoms with Crippen LogP contribution in [0.1, 0.15) is 94.7 Å². The highest BCUT2D eigenvalue weighted by Gasteiger charge is 2.28. The fraction of sp³-hybridized carbons (Fsp3) is 0.645. The van der Waals surface area contributed by atoms with E-state index in [0.29, 0.717) is 18.8 Å². The predicted octanol–water partition coefficient (Wildman–Crippen LogP) is 5.82. The Kier molecular flexibility index (Phi) is 10.5. The molecule has 3 fully saturated rings. The van der Waals surface area contributed by atoms with Gasteiger partial charge in [0.05, 0.1) is 11.4 Å². The summed E-state index contributed by atoms with van der Waals surface area (Å²) in [5.41, 5.74) is 1.68. The van der Waals surface area contributed by atoms with Crippen LogP contribution in [0.15, 0.2) is 30.3 Å². The number of ether oxygens (including phenoxy) is 3. The lowest BCUT2D eigenvalue weighted by atomic mass is 9.95. The van der Waals surface area contributed by atoms with Crippen LogP contribution in [0, 0.1) is 6.92 Å². The van der Waals surface area contributed by atoms with Gasteiger partial charge in [-0.1, -0.05) is 19.3 Å². The molecule has 9 nitrogen and oxygen atoms in total. The molecule has 5 rings (SSSR count). The molecule has 0 radical (unpaired) electrons. The molecule has 3 aliphatic rings. The summed E-state index contributed by atoms with van der Waals surface area (Å²) in [5, 5.41) is 7.74. The first-order chi connectivity index (χ1) is 19.2. The fourth-order valence-corrected chi connectivity index (χ4v) is 5.22. The summed E-state index contributed by atoms with van der Waals surface area (Å²) in [6.45, 7) is 10.8. The molecule has 0 bridgehead atoms. The minimum atomic E-state index is -0.490. The molecule has 1 aromatic heterocycles. The average Bonchev–Trinajstić information content (AvgIpc) is 3.63. The Labute approximate surface area is 238 Å². The van der Waals surface area contributed by atoms with Crippen molar-refractivity contribution in [2.75, 3.05) is 26.3 Å². The Morgan fingerprint density at radius 1 is 0.950 bits per heavy atom. The minimum Gasteiger partial charge on any atom is -0.490 e. The van der Waals surface area contributed by atoms with Crippen LogP contribution in [0.3, 0.4) is 0 Å². The minimum absolute atomic E-state index is 0.0447. The molecule has 0 unspecified atom stereocenters. The molecule has 1 N–H and O–H groups in total. The number of rotatable bonds is 5. The second kappa shape index (κ2) is 14.0. The van der Waals surface area contributed by atoms with Crippen molar-refractivity contribution in [3.05, 3.63) is 41.7 Å². The van der Waals surface area contributed by atoms with Crippen LogP contribution in [-0.2, 0) is 9.47 Å². The second-order valence-corrected chi connectivity index (χ2v) is 12.0. The fourth-order valence-electron chi connectivity index (χ4n) is 5.22. The molecule has 0 spiro atoms. The first-order valence-electron chi connectivity index (χ1n) is 14.9. The number of carbonyl (C=O) groups excluding carboxylic acids is 2. The lowest BCUT2D eigenvalue weighted by Gasteiger charge is -2.33. The molecule has 40 heavy (non-hydrogen) atoms. The van der Waals surface area contributed by atoms with Crippen molar-refractivity contribution < 1.29 is 23.8 Å². The highest BCUT2D eigenvalue weighted by Crippen LogP contribution is 2.23. The number of nitrogens with zero attached hydrogens (tertiary/aromatic N) is 3. The number of amides is 2. The molecule has 2 amide bonds. The summed E-state index contributed by atoms with van der Waals surface area (Å²) in [7, 11) is 0. The average molecular weight is 555 g/mol. The summed E-state index contributed by atoms with van der Waals surface area (Å²) < 4.78 is 18.3. The molecule has 2 aliphatic heterocycles. The van der Waals surface area contributed by atoms with Gasteiger partial charge < -0.3 is 24.4 Å². The number of hydrogen-bond donors (Lipinski definition) is 1. The number of benzene rings is 1. The molecular weight excluding hydrogens is 508 g/mol. The number of nitrogens with one attached hydrogen (secondary N) is 1. The van der Waals surface area contributed by atoms with E-state index in [9.17, 15) is 9.59 Å². The van der Waals surface area contributed by atoms with E-state index in [-0.39, 0.29) is 24.1 Å². The van der Waals surface area contributed by atoms with Crippen LogP contribution >= 0.6 is 0 Å². The van der Waals surface area contributed by atoms with E-state index >= 15 is 0 Å². The maximum Gasteiger partial charge on any atom is 0.410 e. The molecule has 0 atom stereocenters. The summed E-state index contributed by atoms with van der Waals surface area (Å²) in [4.78, 5) is 27.0. The van der Waals surface area contributed by atoms with E-state index in [1.54, 1.807) is 9.58 Å². The van der Waals surface area contributed by atoms with Gasteiger partial charge in [-0.05, 0) is 83.7 Å². The summed E-state index contributed by atoms with van der Waals surface area (Å²) in [6, 6.07) is 9.76. The van der Waals surface area contributed by atoms with Gasteiger partial charge in [0, 0.05) is 45.2 Å². The molecular formula is C31H46N4O5. The topological polar surface area (TPSA) is 94.9 Å². The zero-order valence-corrected chi connectivity index (χ0v) is 24.6. The summed E-state index contributed by atoms with van der Waals surface area (Å²) in [5.74, 6) is 0.691. The number of aromatic nitrogens is 2. The van der Waals surface area contributed by atoms with Gasteiger partial charge in [-0.2, -0.15) is 5.10 Å². The van der Waals surface area contributed by atoms with Gasteiger partial charge in [-0.3, -0.25) is 4.79 Å². The monoisotopic (exact) mass is 554 g/mol. The van der Waals surface area contributed by atoms with Crippen LogP contribution in [0.5, 0.6) is 5.75 Å². The van der Waals surface area contributed by atoms with Crippen molar-refractivity contribution in [2.45, 2.75) is 103 Å². The molecule has 220 valence electrons. The van der Waals surface area contributed by atoms with Gasteiger partial charge in [0.2, 0.25) is 0 Å². The second-order valence-electron chi connectivity index (χ2n) is 12.0. The highest BCUT2D eigenvalue weighted by atomic mass is 16.6. The van der Waals surface area contributed by atoms with Gasteiger partial charge in [-0.25, -0.2) is 9.48 Å². The van der Waals surface area contributed by atoms with Crippen molar-refractivity contribution in [3.8, 4) is 11.4 Å². The Morgan fingerprint density at radius 2 is 1.60 bits per heavy atom. The highest BCUT2D eigenvalue weighted by molar-refractivity contribution is 5.93. The molecule has 9 heteroatoms. The molecule has 2 aromatic rings. The van der Waals surface area contributed by atoms with E-state index in [1.807, 2.05) is 58.0 Å². The number of carbonyl (C=O) groups is 2. The van der Waals surface area contributed by atoms with E-state index in [1.165, 1.54) is 32.1 Å². The smallest absolute Gasteiger partial charge is 0.410 e. The number of hydrogen-bond acceptors (Lipinski definition) is 6. The van der Waals surface area contributed by atoms with Crippen molar-refractivity contribution in [1.29, 1.82) is 0 Å². The van der Waals surface area contributed by atoms with E-state index in [0.717, 1.165) is 56.0 Å². The number of likely N-dealkylation sites (tertiary alicyclic amines) is 1. The normalized spacial score (nSPS) is 18.6. The summed E-state index contributed by atoms with van der Waals surface area (Å²) in [6.07, 6.45) is 9.52. The maximum atomic E-state index is 13.0. The summed E-state index contributed by atoms with van der Waals surface area (Å²) >= 11 is 0. The quantitative estimate of drug-likeness (QED) is 0.501. The molecule has 3 heterocycles. The van der Waals surface area contributed by atoms with Crippen LogP contribution in [0.25, 0.3) is 5.69 Å². The standard InChI is InChI=1S/C27H38N4O4.C4H8O/c1-19-18-24(25(32)28-20-8-6-5-7-9-20)31(29-19)21-10-12-22(13-11-21)34-23-14-16-30(17-15-23)26(33)35-27(2,3)4;1-2-4-5-3-1/h10-13,18,20,23H,5-9,14-17H2,1-4H3,(H,28,32);1-4H2. The first kappa shape index (κ1) is 29.9. The van der Waals surface area contributed by atoms with Gasteiger partial charge in [0.15, 0.2) is 0 Å².